The van der Waals surface area contributed by atoms with E-state index in [0.29, 0.717) is 5.70 Å². The van der Waals surface area contributed by atoms with Crippen LogP contribution in [0, 0.1) is 5.82 Å². The van der Waals surface area contributed by atoms with Gasteiger partial charge in [-0.3, -0.25) is 0 Å². The number of fused-ring (bicyclic) bond motifs is 1. The Hall–Kier alpha value is -3.69. The highest BCUT2D eigenvalue weighted by Gasteiger charge is 2.29. The molecule has 4 aromatic rings. The lowest BCUT2D eigenvalue weighted by atomic mass is 10.0. The molecule has 0 fully saturated rings. The summed E-state index contributed by atoms with van der Waals surface area (Å²) in [5.41, 5.74) is 1.71. The molecule has 0 unspecified atom stereocenters. The molecule has 10 heteroatoms. The summed E-state index contributed by atoms with van der Waals surface area (Å²) in [5.74, 6) is -0.418. The van der Waals surface area contributed by atoms with Crippen LogP contribution in [0.15, 0.2) is 89.8 Å². The summed E-state index contributed by atoms with van der Waals surface area (Å²) in [5, 5.41) is 7.68. The summed E-state index contributed by atoms with van der Waals surface area (Å²) in [6, 6.07) is 21.0. The summed E-state index contributed by atoms with van der Waals surface area (Å²) in [4.78, 5) is 4.39. The zero-order valence-electron chi connectivity index (χ0n) is 17.0. The third kappa shape index (κ3) is 4.08. The molecule has 2 N–H and O–H groups in total. The van der Waals surface area contributed by atoms with Crippen LogP contribution in [0.1, 0.15) is 17.2 Å². The molecule has 0 spiro atoms. The van der Waals surface area contributed by atoms with Crippen molar-refractivity contribution in [2.45, 2.75) is 10.9 Å². The van der Waals surface area contributed by atoms with Gasteiger partial charge in [0.1, 0.15) is 11.9 Å². The second kappa shape index (κ2) is 8.34. The summed E-state index contributed by atoms with van der Waals surface area (Å²) in [6.07, 6.45) is 1.77. The Kier molecular flexibility index (Phi) is 5.35. The van der Waals surface area contributed by atoms with E-state index in [0.717, 1.165) is 5.56 Å². The standard InChI is InChI=1S/C23H17ClFN5O2S/c24-17-12-7-13-18(25)21(17)20-14-19(15-8-3-1-4-9-15)26-23-27-22(28-30(20)23)29-33(31,32)16-10-5-2-6-11-16/h1-14,20H,(H2,26,27,28,29)/t20-/m1/s1. The fraction of sp³-hybridized carbons (Fsp3) is 0.0435. The first-order chi connectivity index (χ1) is 15.9. The molecule has 0 radical (unpaired) electrons. The van der Waals surface area contributed by atoms with Gasteiger partial charge >= 0.3 is 0 Å². The van der Waals surface area contributed by atoms with E-state index in [-0.39, 0.29) is 27.4 Å². The first-order valence-electron chi connectivity index (χ1n) is 9.95. The van der Waals surface area contributed by atoms with Crippen LogP contribution in [-0.2, 0) is 10.0 Å². The smallest absolute Gasteiger partial charge is 0.264 e. The van der Waals surface area contributed by atoms with Crippen molar-refractivity contribution in [1.29, 1.82) is 0 Å². The molecular formula is C23H17ClFN5O2S. The molecule has 5 rings (SSSR count). The summed E-state index contributed by atoms with van der Waals surface area (Å²) in [7, 11) is -3.91. The molecule has 3 aromatic carbocycles. The van der Waals surface area contributed by atoms with Crippen LogP contribution < -0.4 is 10.0 Å². The molecule has 0 amide bonds. The zero-order valence-corrected chi connectivity index (χ0v) is 18.6. The van der Waals surface area contributed by atoms with Crippen LogP contribution in [0.25, 0.3) is 5.70 Å². The number of anilines is 2. The number of nitrogens with one attached hydrogen (secondary N) is 2. The minimum absolute atomic E-state index is 0.0718. The lowest BCUT2D eigenvalue weighted by Crippen LogP contribution is -2.21. The van der Waals surface area contributed by atoms with Gasteiger partial charge in [-0.2, -0.15) is 4.98 Å². The highest BCUT2D eigenvalue weighted by molar-refractivity contribution is 7.92. The molecule has 0 saturated heterocycles. The molecule has 1 aliphatic rings. The van der Waals surface area contributed by atoms with Gasteiger partial charge in [0.25, 0.3) is 16.0 Å². The third-order valence-electron chi connectivity index (χ3n) is 5.13. The number of rotatable bonds is 5. The van der Waals surface area contributed by atoms with Crippen molar-refractivity contribution in [3.63, 3.8) is 0 Å². The fourth-order valence-corrected chi connectivity index (χ4v) is 4.83. The number of aromatic nitrogens is 3. The minimum Gasteiger partial charge on any atom is -0.324 e. The van der Waals surface area contributed by atoms with Crippen LogP contribution in [0.3, 0.4) is 0 Å². The van der Waals surface area contributed by atoms with E-state index in [1.165, 1.54) is 28.9 Å². The monoisotopic (exact) mass is 481 g/mol. The molecule has 166 valence electrons. The maximum atomic E-state index is 14.9. The Labute approximate surface area is 194 Å². The van der Waals surface area contributed by atoms with Gasteiger partial charge in [0, 0.05) is 16.3 Å². The van der Waals surface area contributed by atoms with Gasteiger partial charge in [0.2, 0.25) is 5.95 Å². The van der Waals surface area contributed by atoms with Crippen LogP contribution in [-0.4, -0.2) is 23.2 Å². The Morgan fingerprint density at radius 3 is 2.36 bits per heavy atom. The maximum absolute atomic E-state index is 14.9. The van der Waals surface area contributed by atoms with Crippen LogP contribution in [0.4, 0.5) is 16.3 Å². The summed E-state index contributed by atoms with van der Waals surface area (Å²) >= 11 is 6.35. The average Bonchev–Trinajstić information content (AvgIpc) is 3.22. The Balaban J connectivity index is 1.59. The number of halogens is 2. The van der Waals surface area contributed by atoms with E-state index in [2.05, 4.69) is 20.1 Å². The molecule has 0 aliphatic carbocycles. The first-order valence-corrected chi connectivity index (χ1v) is 11.8. The van der Waals surface area contributed by atoms with Crippen LogP contribution >= 0.6 is 11.6 Å². The maximum Gasteiger partial charge on any atom is 0.264 e. The summed E-state index contributed by atoms with van der Waals surface area (Å²) in [6.45, 7) is 0. The van der Waals surface area contributed by atoms with Crippen molar-refractivity contribution < 1.29 is 12.8 Å². The molecule has 33 heavy (non-hydrogen) atoms. The Morgan fingerprint density at radius 1 is 0.970 bits per heavy atom. The quantitative estimate of drug-likeness (QED) is 0.422. The molecular weight excluding hydrogens is 465 g/mol. The number of hydrogen-bond acceptors (Lipinski definition) is 5. The second-order valence-electron chi connectivity index (χ2n) is 7.27. The van der Waals surface area contributed by atoms with E-state index in [1.54, 1.807) is 30.3 Å². The van der Waals surface area contributed by atoms with Gasteiger partial charge in [-0.05, 0) is 35.9 Å². The topological polar surface area (TPSA) is 88.9 Å². The van der Waals surface area contributed by atoms with Crippen molar-refractivity contribution in [2.75, 3.05) is 10.0 Å². The zero-order chi connectivity index (χ0) is 23.0. The van der Waals surface area contributed by atoms with Crippen molar-refractivity contribution in [1.82, 2.24) is 14.8 Å². The van der Waals surface area contributed by atoms with Gasteiger partial charge < -0.3 is 5.32 Å². The number of hydrogen-bond donors (Lipinski definition) is 2. The predicted octanol–water partition coefficient (Wildman–Crippen LogP) is 4.93. The minimum atomic E-state index is -3.91. The van der Waals surface area contributed by atoms with Gasteiger partial charge in [0.05, 0.1) is 4.90 Å². The highest BCUT2D eigenvalue weighted by atomic mass is 35.5. The normalized spacial score (nSPS) is 15.3. The number of allylic oxidation sites excluding steroid dienone is 1. The number of benzene rings is 3. The van der Waals surface area contributed by atoms with E-state index in [9.17, 15) is 12.8 Å². The fourth-order valence-electron chi connectivity index (χ4n) is 3.60. The van der Waals surface area contributed by atoms with Crippen molar-refractivity contribution in [3.05, 3.63) is 107 Å². The van der Waals surface area contributed by atoms with E-state index < -0.39 is 21.9 Å². The molecule has 1 aromatic heterocycles. The van der Waals surface area contributed by atoms with Crippen molar-refractivity contribution in [3.8, 4) is 0 Å². The van der Waals surface area contributed by atoms with Gasteiger partial charge in [-0.1, -0.05) is 66.2 Å². The number of sulfonamides is 1. The highest BCUT2D eigenvalue weighted by Crippen LogP contribution is 2.37. The van der Waals surface area contributed by atoms with E-state index >= 15 is 0 Å². The summed E-state index contributed by atoms with van der Waals surface area (Å²) < 4.78 is 44.1. The number of nitrogens with zero attached hydrogens (tertiary/aromatic N) is 3. The average molecular weight is 482 g/mol. The predicted molar refractivity (Wildman–Crippen MR) is 125 cm³/mol. The molecule has 0 saturated carbocycles. The molecule has 1 atom stereocenters. The van der Waals surface area contributed by atoms with Gasteiger partial charge in [-0.15, -0.1) is 5.10 Å². The third-order valence-corrected chi connectivity index (χ3v) is 6.80. The first kappa shape index (κ1) is 21.2. The SMILES string of the molecule is O=S(=O)(Nc1nc2n(n1)[C@@H](c1c(F)cccc1Cl)C=C(c1ccccc1)N2)c1ccccc1. The molecule has 2 heterocycles. The Morgan fingerprint density at radius 2 is 1.67 bits per heavy atom. The van der Waals surface area contributed by atoms with Crippen LogP contribution in [0.2, 0.25) is 5.02 Å². The molecule has 7 nitrogen and oxygen atoms in total. The lowest BCUT2D eigenvalue weighted by Gasteiger charge is -2.25. The van der Waals surface area contributed by atoms with Crippen molar-refractivity contribution >= 4 is 39.2 Å². The van der Waals surface area contributed by atoms with E-state index in [4.69, 9.17) is 11.6 Å². The van der Waals surface area contributed by atoms with Gasteiger partial charge in [0.15, 0.2) is 0 Å². The van der Waals surface area contributed by atoms with Gasteiger partial charge in [-0.25, -0.2) is 22.2 Å². The van der Waals surface area contributed by atoms with Crippen LogP contribution in [0.5, 0.6) is 0 Å². The Bertz CT molecular complexity index is 1440. The van der Waals surface area contributed by atoms with E-state index in [1.807, 2.05) is 30.3 Å². The molecule has 1 aliphatic heterocycles. The molecule has 0 bridgehead atoms. The largest absolute Gasteiger partial charge is 0.324 e. The van der Waals surface area contributed by atoms with Crippen molar-refractivity contribution in [2.24, 2.45) is 0 Å². The second-order valence-corrected chi connectivity index (χ2v) is 9.36. The lowest BCUT2D eigenvalue weighted by molar-refractivity contribution is 0.552.